The second kappa shape index (κ2) is 71.1. The lowest BCUT2D eigenvalue weighted by molar-refractivity contribution is -0.167. The first-order valence-corrected chi connectivity index (χ1v) is 36.1. The number of unbranched alkanes of at least 4 members (excludes halogenated alkanes) is 41. The highest BCUT2D eigenvalue weighted by molar-refractivity contribution is 5.71. The van der Waals surface area contributed by atoms with E-state index in [0.717, 1.165) is 103 Å². The van der Waals surface area contributed by atoms with Crippen molar-refractivity contribution in [3.8, 4) is 0 Å². The average Bonchev–Trinajstić information content (AvgIpc) is 3.50. The van der Waals surface area contributed by atoms with Gasteiger partial charge < -0.3 is 14.2 Å². The van der Waals surface area contributed by atoms with Crippen LogP contribution >= 0.6 is 0 Å². The van der Waals surface area contributed by atoms with Crippen molar-refractivity contribution in [2.24, 2.45) is 0 Å². The molecule has 0 spiro atoms. The number of hydrogen-bond donors (Lipinski definition) is 0. The maximum Gasteiger partial charge on any atom is 0.306 e. The first kappa shape index (κ1) is 79.6. The molecular weight excluding hydrogens is 1020 g/mol. The molecule has 0 aliphatic carbocycles. The predicted molar refractivity (Wildman–Crippen MR) is 362 cm³/mol. The van der Waals surface area contributed by atoms with Gasteiger partial charge in [0.05, 0.1) is 0 Å². The van der Waals surface area contributed by atoms with Gasteiger partial charge in [0.25, 0.3) is 0 Å². The lowest BCUT2D eigenvalue weighted by Gasteiger charge is -2.18. The summed E-state index contributed by atoms with van der Waals surface area (Å²) in [5.41, 5.74) is 0. The average molecular weight is 1160 g/mol. The minimum Gasteiger partial charge on any atom is -0.462 e. The van der Waals surface area contributed by atoms with Crippen molar-refractivity contribution < 1.29 is 28.6 Å². The third kappa shape index (κ3) is 69.3. The van der Waals surface area contributed by atoms with Crippen LogP contribution in [0.2, 0.25) is 0 Å². The topological polar surface area (TPSA) is 78.9 Å². The van der Waals surface area contributed by atoms with Gasteiger partial charge in [-0.1, -0.05) is 337 Å². The van der Waals surface area contributed by atoms with E-state index in [1.165, 1.54) is 225 Å². The van der Waals surface area contributed by atoms with E-state index in [-0.39, 0.29) is 31.1 Å². The Bertz CT molecular complexity index is 1570. The van der Waals surface area contributed by atoms with Crippen molar-refractivity contribution in [1.82, 2.24) is 0 Å². The van der Waals surface area contributed by atoms with Crippen LogP contribution in [0.1, 0.15) is 367 Å². The molecule has 0 aliphatic heterocycles. The maximum atomic E-state index is 13.0. The molecule has 1 unspecified atom stereocenters. The summed E-state index contributed by atoms with van der Waals surface area (Å²) in [6.07, 6.45) is 94.6. The molecule has 0 fully saturated rings. The third-order valence-corrected chi connectivity index (χ3v) is 15.9. The number of rotatable bonds is 66. The smallest absolute Gasteiger partial charge is 0.306 e. The summed E-state index contributed by atoms with van der Waals surface area (Å²) >= 11 is 0. The largest absolute Gasteiger partial charge is 0.462 e. The van der Waals surface area contributed by atoms with E-state index in [2.05, 4.69) is 106 Å². The van der Waals surface area contributed by atoms with E-state index in [1.807, 2.05) is 0 Å². The van der Waals surface area contributed by atoms with Crippen molar-refractivity contribution >= 4 is 17.9 Å². The van der Waals surface area contributed by atoms with Crippen LogP contribution in [0.15, 0.2) is 85.1 Å². The Morgan fingerprint density at radius 3 is 0.735 bits per heavy atom. The van der Waals surface area contributed by atoms with Crippen LogP contribution in [-0.4, -0.2) is 37.2 Å². The monoisotopic (exact) mass is 1160 g/mol. The van der Waals surface area contributed by atoms with E-state index in [9.17, 15) is 14.4 Å². The van der Waals surface area contributed by atoms with Crippen LogP contribution in [-0.2, 0) is 28.6 Å². The molecule has 0 saturated carbocycles. The molecule has 0 aromatic carbocycles. The molecule has 0 N–H and O–H groups in total. The molecule has 480 valence electrons. The quantitative estimate of drug-likeness (QED) is 0.0261. The molecule has 0 aromatic rings. The first-order chi connectivity index (χ1) is 41.0. The molecule has 0 bridgehead atoms. The predicted octanol–water partition coefficient (Wildman–Crippen LogP) is 25.0. The van der Waals surface area contributed by atoms with Crippen LogP contribution < -0.4 is 0 Å². The molecule has 0 radical (unpaired) electrons. The molecule has 6 heteroatoms. The molecule has 83 heavy (non-hydrogen) atoms. The van der Waals surface area contributed by atoms with E-state index in [0.29, 0.717) is 19.3 Å². The van der Waals surface area contributed by atoms with Gasteiger partial charge in [-0.2, -0.15) is 0 Å². The normalized spacial score (nSPS) is 12.6. The summed E-state index contributed by atoms with van der Waals surface area (Å²) in [7, 11) is 0. The zero-order chi connectivity index (χ0) is 59.9. The van der Waals surface area contributed by atoms with Gasteiger partial charge in [-0.3, -0.25) is 14.4 Å². The zero-order valence-electron chi connectivity index (χ0n) is 55.2. The second-order valence-electron chi connectivity index (χ2n) is 24.1. The molecule has 1 atom stereocenters. The standard InChI is InChI=1S/C77H136O6/c1-4-7-10-13-16-19-22-25-28-31-33-35-36-37-38-39-40-42-43-46-49-52-55-58-61-64-67-70-76(79)82-73-74(72-81-75(78)69-66-63-60-57-54-51-48-45-30-27-24-21-18-15-12-9-6-3)83-77(80)71-68-65-62-59-56-53-50-47-44-41-34-32-29-26-23-20-17-14-11-8-5-2/h8,11,17,20,22,25-26,29,31,33-34,36-37,41,74H,4-7,9-10,12-16,18-19,21,23-24,27-28,30,32,35,38-40,42-73H2,1-3H3/b11-8-,20-17-,25-22-,29-26-,33-31-,37-36-,41-34-. The number of carbonyl (C=O) groups is 3. The van der Waals surface area contributed by atoms with Crippen LogP contribution in [0.5, 0.6) is 0 Å². The Morgan fingerprint density at radius 2 is 0.470 bits per heavy atom. The highest BCUT2D eigenvalue weighted by Crippen LogP contribution is 2.18. The maximum absolute atomic E-state index is 13.0. The van der Waals surface area contributed by atoms with Crippen molar-refractivity contribution in [3.05, 3.63) is 85.1 Å². The van der Waals surface area contributed by atoms with Crippen molar-refractivity contribution in [1.29, 1.82) is 0 Å². The van der Waals surface area contributed by atoms with Gasteiger partial charge in [0, 0.05) is 19.3 Å². The summed E-state index contributed by atoms with van der Waals surface area (Å²) in [5.74, 6) is -0.865. The second-order valence-corrected chi connectivity index (χ2v) is 24.1. The number of esters is 3. The van der Waals surface area contributed by atoms with Gasteiger partial charge in [0.2, 0.25) is 0 Å². The van der Waals surface area contributed by atoms with Gasteiger partial charge in [-0.25, -0.2) is 0 Å². The molecule has 0 amide bonds. The minimum atomic E-state index is -0.783. The van der Waals surface area contributed by atoms with Gasteiger partial charge >= 0.3 is 17.9 Å². The summed E-state index contributed by atoms with van der Waals surface area (Å²) in [5, 5.41) is 0. The van der Waals surface area contributed by atoms with Gasteiger partial charge in [0.1, 0.15) is 13.2 Å². The minimum absolute atomic E-state index is 0.0764. The summed E-state index contributed by atoms with van der Waals surface area (Å²) in [6.45, 7) is 6.57. The van der Waals surface area contributed by atoms with E-state index < -0.39 is 6.10 Å². The van der Waals surface area contributed by atoms with Crippen LogP contribution in [0.3, 0.4) is 0 Å². The first-order valence-electron chi connectivity index (χ1n) is 36.1. The Kier molecular flexibility index (Phi) is 68.2. The van der Waals surface area contributed by atoms with E-state index in [1.54, 1.807) is 0 Å². The van der Waals surface area contributed by atoms with Crippen molar-refractivity contribution in [2.45, 2.75) is 374 Å². The molecule has 0 aliphatic rings. The SMILES string of the molecule is CC/C=C\C/C=C\C/C=C\C/C=C\CCCCCCCCCCC(=O)OC(COC(=O)CCCCCCCCCCCCCC/C=C\C/C=C\C/C=C\CCCCCCC)COC(=O)CCCCCCCCCCCCCCCCCCC. The van der Waals surface area contributed by atoms with Gasteiger partial charge in [-0.15, -0.1) is 0 Å². The van der Waals surface area contributed by atoms with E-state index in [4.69, 9.17) is 14.2 Å². The van der Waals surface area contributed by atoms with Crippen LogP contribution in [0.25, 0.3) is 0 Å². The van der Waals surface area contributed by atoms with Gasteiger partial charge in [-0.05, 0) is 96.3 Å². The summed E-state index contributed by atoms with van der Waals surface area (Å²) < 4.78 is 17.0. The van der Waals surface area contributed by atoms with Crippen LogP contribution in [0, 0.1) is 0 Å². The molecule has 0 saturated heterocycles. The fourth-order valence-corrected chi connectivity index (χ4v) is 10.5. The van der Waals surface area contributed by atoms with Gasteiger partial charge in [0.15, 0.2) is 6.10 Å². The number of ether oxygens (including phenoxy) is 3. The zero-order valence-corrected chi connectivity index (χ0v) is 55.2. The Labute approximate surface area is 515 Å². The molecule has 0 rings (SSSR count). The lowest BCUT2D eigenvalue weighted by atomic mass is 10.0. The number of hydrogen-bond acceptors (Lipinski definition) is 6. The Balaban J connectivity index is 4.33. The van der Waals surface area contributed by atoms with E-state index >= 15 is 0 Å². The van der Waals surface area contributed by atoms with Crippen molar-refractivity contribution in [2.75, 3.05) is 13.2 Å². The molecule has 6 nitrogen and oxygen atoms in total. The summed E-state index contributed by atoms with van der Waals surface area (Å²) in [6, 6.07) is 0. The molecular formula is C77H136O6. The van der Waals surface area contributed by atoms with Crippen molar-refractivity contribution in [3.63, 3.8) is 0 Å². The lowest BCUT2D eigenvalue weighted by Crippen LogP contribution is -2.30. The summed E-state index contributed by atoms with van der Waals surface area (Å²) in [4.78, 5) is 38.5. The molecule has 0 heterocycles. The third-order valence-electron chi connectivity index (χ3n) is 15.9. The fraction of sp³-hybridized carbons (Fsp3) is 0.779. The number of allylic oxidation sites excluding steroid dienone is 14. The highest BCUT2D eigenvalue weighted by atomic mass is 16.6. The van der Waals surface area contributed by atoms with Crippen LogP contribution in [0.4, 0.5) is 0 Å². The Hall–Kier alpha value is -3.41. The fourth-order valence-electron chi connectivity index (χ4n) is 10.5. The molecule has 0 aromatic heterocycles. The highest BCUT2D eigenvalue weighted by Gasteiger charge is 2.19. The number of carbonyl (C=O) groups excluding carboxylic acids is 3. The Morgan fingerprint density at radius 1 is 0.253 bits per heavy atom.